The van der Waals surface area contributed by atoms with Gasteiger partial charge in [-0.25, -0.2) is 0 Å². The topological polar surface area (TPSA) is 29.5 Å². The third-order valence-electron chi connectivity index (χ3n) is 4.73. The first kappa shape index (κ1) is 16.7. The summed E-state index contributed by atoms with van der Waals surface area (Å²) in [5.74, 6) is 1.09. The standard InChI is InChI=1S/C21H25NO2/c1-24-20-11-9-18(10-12-20)17-5-7-19(8-6-17)21(23)13-16-22-14-3-2-4-15-22/h5-12H,2-4,13-16H2,1H3. The van der Waals surface area contributed by atoms with Gasteiger partial charge in [0.15, 0.2) is 5.78 Å². The molecular weight excluding hydrogens is 298 g/mol. The van der Waals surface area contributed by atoms with Crippen LogP contribution in [0.5, 0.6) is 5.75 Å². The molecule has 0 unspecified atom stereocenters. The van der Waals surface area contributed by atoms with Crippen molar-refractivity contribution in [3.05, 3.63) is 54.1 Å². The van der Waals surface area contributed by atoms with E-state index in [-0.39, 0.29) is 5.78 Å². The Balaban J connectivity index is 1.59. The van der Waals surface area contributed by atoms with Crippen LogP contribution in [0.25, 0.3) is 11.1 Å². The number of Topliss-reactive ketones (excluding diaryl/α,β-unsaturated/α-hetero) is 1. The van der Waals surface area contributed by atoms with Crippen LogP contribution in [0, 0.1) is 0 Å². The third kappa shape index (κ3) is 4.24. The summed E-state index contributed by atoms with van der Waals surface area (Å²) in [6.45, 7) is 3.17. The summed E-state index contributed by atoms with van der Waals surface area (Å²) < 4.78 is 5.18. The SMILES string of the molecule is COc1ccc(-c2ccc(C(=O)CCN3CCCCC3)cc2)cc1. The highest BCUT2D eigenvalue weighted by molar-refractivity contribution is 5.96. The summed E-state index contributed by atoms with van der Waals surface area (Å²) in [6, 6.07) is 15.9. The van der Waals surface area contributed by atoms with Gasteiger partial charge in [0.2, 0.25) is 0 Å². The Morgan fingerprint density at radius 1 is 0.917 bits per heavy atom. The van der Waals surface area contributed by atoms with Crippen molar-refractivity contribution in [1.29, 1.82) is 0 Å². The second-order valence-electron chi connectivity index (χ2n) is 6.38. The van der Waals surface area contributed by atoms with E-state index in [2.05, 4.69) is 4.90 Å². The molecule has 0 bridgehead atoms. The van der Waals surface area contributed by atoms with Crippen LogP contribution in [0.3, 0.4) is 0 Å². The van der Waals surface area contributed by atoms with E-state index in [1.54, 1.807) is 7.11 Å². The molecule has 0 saturated carbocycles. The van der Waals surface area contributed by atoms with Gasteiger partial charge in [-0.05, 0) is 49.2 Å². The molecule has 3 rings (SSSR count). The van der Waals surface area contributed by atoms with Crippen molar-refractivity contribution >= 4 is 5.78 Å². The lowest BCUT2D eigenvalue weighted by Crippen LogP contribution is -2.31. The van der Waals surface area contributed by atoms with Crippen molar-refractivity contribution < 1.29 is 9.53 Å². The number of benzene rings is 2. The number of piperidine rings is 1. The highest BCUT2D eigenvalue weighted by Crippen LogP contribution is 2.23. The molecule has 2 aromatic carbocycles. The number of hydrogen-bond donors (Lipinski definition) is 0. The fourth-order valence-electron chi connectivity index (χ4n) is 3.22. The van der Waals surface area contributed by atoms with E-state index in [1.165, 1.54) is 19.3 Å². The fraction of sp³-hybridized carbons (Fsp3) is 0.381. The van der Waals surface area contributed by atoms with Crippen LogP contribution in [-0.4, -0.2) is 37.4 Å². The zero-order chi connectivity index (χ0) is 16.8. The quantitative estimate of drug-likeness (QED) is 0.737. The molecule has 0 aliphatic carbocycles. The summed E-state index contributed by atoms with van der Waals surface area (Å²) in [5.41, 5.74) is 3.05. The highest BCUT2D eigenvalue weighted by atomic mass is 16.5. The van der Waals surface area contributed by atoms with Crippen molar-refractivity contribution in [3.63, 3.8) is 0 Å². The van der Waals surface area contributed by atoms with Crippen LogP contribution >= 0.6 is 0 Å². The number of nitrogens with zero attached hydrogens (tertiary/aromatic N) is 1. The molecular formula is C21H25NO2. The van der Waals surface area contributed by atoms with Crippen LogP contribution < -0.4 is 4.74 Å². The predicted molar refractivity (Wildman–Crippen MR) is 97.7 cm³/mol. The number of carbonyl (C=O) groups excluding carboxylic acids is 1. The Labute approximate surface area is 144 Å². The number of hydrogen-bond acceptors (Lipinski definition) is 3. The van der Waals surface area contributed by atoms with E-state index in [1.807, 2.05) is 48.5 Å². The Morgan fingerprint density at radius 2 is 1.50 bits per heavy atom. The molecule has 0 radical (unpaired) electrons. The van der Waals surface area contributed by atoms with E-state index in [9.17, 15) is 4.79 Å². The van der Waals surface area contributed by atoms with E-state index in [0.717, 1.165) is 42.1 Å². The minimum absolute atomic E-state index is 0.238. The molecule has 1 saturated heterocycles. The molecule has 0 spiro atoms. The van der Waals surface area contributed by atoms with E-state index in [0.29, 0.717) is 6.42 Å². The van der Waals surface area contributed by atoms with Crippen LogP contribution in [0.4, 0.5) is 0 Å². The second kappa shape index (κ2) is 8.11. The monoisotopic (exact) mass is 323 g/mol. The molecule has 1 aliphatic heterocycles. The Kier molecular flexibility index (Phi) is 5.65. The molecule has 0 aromatic heterocycles. The molecule has 3 heteroatoms. The maximum atomic E-state index is 12.4. The number of ether oxygens (including phenoxy) is 1. The molecule has 1 fully saturated rings. The minimum atomic E-state index is 0.238. The Morgan fingerprint density at radius 3 is 2.08 bits per heavy atom. The summed E-state index contributed by atoms with van der Waals surface area (Å²) in [7, 11) is 1.67. The predicted octanol–water partition coefficient (Wildman–Crippen LogP) is 4.42. The maximum Gasteiger partial charge on any atom is 0.164 e. The van der Waals surface area contributed by atoms with Gasteiger partial charge >= 0.3 is 0 Å². The molecule has 0 atom stereocenters. The summed E-state index contributed by atoms with van der Waals surface area (Å²) in [5, 5.41) is 0. The summed E-state index contributed by atoms with van der Waals surface area (Å²) in [4.78, 5) is 14.8. The zero-order valence-electron chi connectivity index (χ0n) is 14.3. The van der Waals surface area contributed by atoms with Crippen LogP contribution in [-0.2, 0) is 0 Å². The van der Waals surface area contributed by atoms with Gasteiger partial charge in [-0.1, -0.05) is 42.8 Å². The van der Waals surface area contributed by atoms with Gasteiger partial charge in [0.1, 0.15) is 5.75 Å². The molecule has 126 valence electrons. The summed E-state index contributed by atoms with van der Waals surface area (Å²) in [6.07, 6.45) is 4.48. The normalized spacial score (nSPS) is 15.2. The first-order chi connectivity index (χ1) is 11.8. The number of carbonyl (C=O) groups is 1. The molecule has 24 heavy (non-hydrogen) atoms. The zero-order valence-corrected chi connectivity index (χ0v) is 14.3. The number of methoxy groups -OCH3 is 1. The average molecular weight is 323 g/mol. The first-order valence-corrected chi connectivity index (χ1v) is 8.76. The van der Waals surface area contributed by atoms with Crippen molar-refractivity contribution in [3.8, 4) is 16.9 Å². The smallest absolute Gasteiger partial charge is 0.164 e. The third-order valence-corrected chi connectivity index (χ3v) is 4.73. The molecule has 0 N–H and O–H groups in total. The van der Waals surface area contributed by atoms with Gasteiger partial charge in [-0.2, -0.15) is 0 Å². The van der Waals surface area contributed by atoms with Gasteiger partial charge in [0.25, 0.3) is 0 Å². The number of likely N-dealkylation sites (tertiary alicyclic amines) is 1. The van der Waals surface area contributed by atoms with Crippen molar-refractivity contribution in [1.82, 2.24) is 4.90 Å². The Bertz CT molecular complexity index is 655. The number of ketones is 1. The van der Waals surface area contributed by atoms with Gasteiger partial charge < -0.3 is 9.64 Å². The minimum Gasteiger partial charge on any atom is -0.497 e. The lowest BCUT2D eigenvalue weighted by Gasteiger charge is -2.25. The maximum absolute atomic E-state index is 12.4. The largest absolute Gasteiger partial charge is 0.497 e. The fourth-order valence-corrected chi connectivity index (χ4v) is 3.22. The molecule has 1 aliphatic rings. The van der Waals surface area contributed by atoms with Crippen LogP contribution in [0.1, 0.15) is 36.0 Å². The van der Waals surface area contributed by atoms with Gasteiger partial charge in [0.05, 0.1) is 7.11 Å². The molecule has 2 aromatic rings. The van der Waals surface area contributed by atoms with Gasteiger partial charge in [-0.3, -0.25) is 4.79 Å². The summed E-state index contributed by atoms with van der Waals surface area (Å²) >= 11 is 0. The van der Waals surface area contributed by atoms with Crippen molar-refractivity contribution in [2.75, 3.05) is 26.7 Å². The van der Waals surface area contributed by atoms with Gasteiger partial charge in [0, 0.05) is 18.5 Å². The highest BCUT2D eigenvalue weighted by Gasteiger charge is 2.13. The van der Waals surface area contributed by atoms with Gasteiger partial charge in [-0.15, -0.1) is 0 Å². The lowest BCUT2D eigenvalue weighted by molar-refractivity contribution is 0.0958. The number of rotatable bonds is 6. The van der Waals surface area contributed by atoms with Crippen LogP contribution in [0.15, 0.2) is 48.5 Å². The molecule has 3 nitrogen and oxygen atoms in total. The second-order valence-corrected chi connectivity index (χ2v) is 6.38. The van der Waals surface area contributed by atoms with E-state index in [4.69, 9.17) is 4.74 Å². The molecule has 1 heterocycles. The van der Waals surface area contributed by atoms with Crippen molar-refractivity contribution in [2.45, 2.75) is 25.7 Å². The van der Waals surface area contributed by atoms with E-state index < -0.39 is 0 Å². The average Bonchev–Trinajstić information content (AvgIpc) is 2.67. The van der Waals surface area contributed by atoms with Crippen molar-refractivity contribution in [2.24, 2.45) is 0 Å². The Hall–Kier alpha value is -2.13. The molecule has 0 amide bonds. The van der Waals surface area contributed by atoms with Crippen LogP contribution in [0.2, 0.25) is 0 Å². The lowest BCUT2D eigenvalue weighted by atomic mass is 10.0. The first-order valence-electron chi connectivity index (χ1n) is 8.76. The van der Waals surface area contributed by atoms with E-state index >= 15 is 0 Å².